The lowest BCUT2D eigenvalue weighted by Crippen LogP contribution is -2.47. The van der Waals surface area contributed by atoms with Crippen LogP contribution < -0.4 is 0 Å². The largest absolute Gasteiger partial charge is 0.344 e. The fourth-order valence-corrected chi connectivity index (χ4v) is 5.24. The van der Waals surface area contributed by atoms with Crippen LogP contribution in [0.25, 0.3) is 0 Å². The molecule has 3 heterocycles. The van der Waals surface area contributed by atoms with Crippen LogP contribution >= 0.6 is 11.8 Å². The number of urea groups is 1. The van der Waals surface area contributed by atoms with Crippen molar-refractivity contribution >= 4 is 17.8 Å². The van der Waals surface area contributed by atoms with Gasteiger partial charge in [-0.2, -0.15) is 0 Å². The summed E-state index contributed by atoms with van der Waals surface area (Å²) in [6, 6.07) is 6.49. The molecule has 1 atom stereocenters. The van der Waals surface area contributed by atoms with Gasteiger partial charge in [0.1, 0.15) is 5.82 Å². The van der Waals surface area contributed by atoms with Crippen LogP contribution in [0.3, 0.4) is 0 Å². The molecule has 5 nitrogen and oxygen atoms in total. The monoisotopic (exact) mass is 390 g/mol. The summed E-state index contributed by atoms with van der Waals surface area (Å²) in [6.07, 6.45) is 2.60. The number of carbonyl (C=O) groups is 1. The van der Waals surface area contributed by atoms with Gasteiger partial charge in [0.05, 0.1) is 0 Å². The predicted molar refractivity (Wildman–Crippen MR) is 106 cm³/mol. The minimum Gasteiger partial charge on any atom is -0.344 e. The van der Waals surface area contributed by atoms with Gasteiger partial charge < -0.3 is 14.7 Å². The number of allylic oxidation sites excluding steroid dienone is 1. The molecule has 0 radical (unpaired) electrons. The number of hydrogen-bond acceptors (Lipinski definition) is 4. The van der Waals surface area contributed by atoms with Crippen molar-refractivity contribution in [3.63, 3.8) is 0 Å². The smallest absolute Gasteiger partial charge is 0.322 e. The number of thioether (sulfide) groups is 1. The van der Waals surface area contributed by atoms with Crippen LogP contribution in [0.1, 0.15) is 25.3 Å². The fraction of sp³-hybridized carbons (Fsp3) is 0.550. The van der Waals surface area contributed by atoms with Crippen LogP contribution in [-0.2, 0) is 6.54 Å². The van der Waals surface area contributed by atoms with Crippen LogP contribution in [0.15, 0.2) is 35.4 Å². The van der Waals surface area contributed by atoms with Crippen molar-refractivity contribution in [2.45, 2.75) is 31.8 Å². The molecule has 7 heteroatoms. The first-order valence-electron chi connectivity index (χ1n) is 9.73. The van der Waals surface area contributed by atoms with E-state index in [0.29, 0.717) is 13.1 Å². The summed E-state index contributed by atoms with van der Waals surface area (Å²) >= 11 is 1.73. The molecule has 2 fully saturated rings. The zero-order valence-corrected chi connectivity index (χ0v) is 16.6. The Hall–Kier alpha value is -1.73. The number of halogens is 1. The Kier molecular flexibility index (Phi) is 5.59. The third kappa shape index (κ3) is 4.09. The van der Waals surface area contributed by atoms with E-state index in [1.165, 1.54) is 43.8 Å². The zero-order valence-electron chi connectivity index (χ0n) is 15.8. The lowest BCUT2D eigenvalue weighted by atomic mass is 10.2. The number of hydrogen-bond donors (Lipinski definition) is 0. The SMILES string of the molecule is CC1=CSC(N2CCN(Cc3ccc(F)cc3)C2=O)N1CCN1CCCC1. The van der Waals surface area contributed by atoms with Gasteiger partial charge in [0.25, 0.3) is 0 Å². The van der Waals surface area contributed by atoms with E-state index in [2.05, 4.69) is 22.1 Å². The fourth-order valence-electron chi connectivity index (χ4n) is 4.02. The average molecular weight is 391 g/mol. The van der Waals surface area contributed by atoms with E-state index in [1.807, 2.05) is 9.80 Å². The summed E-state index contributed by atoms with van der Waals surface area (Å²) in [5.74, 6) is -0.245. The summed E-state index contributed by atoms with van der Waals surface area (Å²) in [7, 11) is 0. The van der Waals surface area contributed by atoms with E-state index in [-0.39, 0.29) is 17.3 Å². The normalized spacial score (nSPS) is 23.6. The van der Waals surface area contributed by atoms with Crippen molar-refractivity contribution in [3.05, 3.63) is 46.8 Å². The molecular formula is C20H27FN4OS. The van der Waals surface area contributed by atoms with Gasteiger partial charge in [0, 0.05) is 38.4 Å². The molecule has 1 unspecified atom stereocenters. The third-order valence-electron chi connectivity index (χ3n) is 5.62. The number of rotatable bonds is 6. The van der Waals surface area contributed by atoms with Gasteiger partial charge in [-0.1, -0.05) is 23.9 Å². The van der Waals surface area contributed by atoms with Crippen LogP contribution in [-0.4, -0.2) is 70.4 Å². The van der Waals surface area contributed by atoms with E-state index in [9.17, 15) is 9.18 Å². The van der Waals surface area contributed by atoms with Gasteiger partial charge in [-0.15, -0.1) is 0 Å². The van der Waals surface area contributed by atoms with Crippen molar-refractivity contribution in [3.8, 4) is 0 Å². The second-order valence-corrected chi connectivity index (χ2v) is 8.42. The molecule has 0 aliphatic carbocycles. The topological polar surface area (TPSA) is 30.0 Å². The molecule has 2 saturated heterocycles. The molecule has 3 aliphatic heterocycles. The number of carbonyl (C=O) groups excluding carboxylic acids is 1. The lowest BCUT2D eigenvalue weighted by molar-refractivity contribution is 0.145. The molecule has 2 amide bonds. The van der Waals surface area contributed by atoms with Gasteiger partial charge in [0.2, 0.25) is 0 Å². The van der Waals surface area contributed by atoms with E-state index in [4.69, 9.17) is 0 Å². The number of benzene rings is 1. The Bertz CT molecular complexity index is 704. The molecular weight excluding hydrogens is 363 g/mol. The number of amides is 2. The van der Waals surface area contributed by atoms with Crippen LogP contribution in [0, 0.1) is 5.82 Å². The Morgan fingerprint density at radius 2 is 1.81 bits per heavy atom. The van der Waals surface area contributed by atoms with Crippen LogP contribution in [0.5, 0.6) is 0 Å². The molecule has 0 N–H and O–H groups in total. The van der Waals surface area contributed by atoms with Gasteiger partial charge in [-0.3, -0.25) is 4.90 Å². The highest BCUT2D eigenvalue weighted by atomic mass is 32.2. The average Bonchev–Trinajstić information content (AvgIpc) is 3.38. The Labute approximate surface area is 164 Å². The highest BCUT2D eigenvalue weighted by Gasteiger charge is 2.39. The van der Waals surface area contributed by atoms with Crippen LogP contribution in [0.4, 0.5) is 9.18 Å². The van der Waals surface area contributed by atoms with Gasteiger partial charge in [0.15, 0.2) is 5.50 Å². The minimum atomic E-state index is -0.245. The molecule has 0 saturated carbocycles. The first kappa shape index (κ1) is 18.6. The Morgan fingerprint density at radius 3 is 2.56 bits per heavy atom. The lowest BCUT2D eigenvalue weighted by Gasteiger charge is -2.35. The first-order chi connectivity index (χ1) is 13.1. The maximum absolute atomic E-state index is 13.1. The van der Waals surface area contributed by atoms with Crippen molar-refractivity contribution in [2.75, 3.05) is 39.3 Å². The van der Waals surface area contributed by atoms with Crippen molar-refractivity contribution in [1.82, 2.24) is 19.6 Å². The molecule has 0 spiro atoms. The standard InChI is InChI=1S/C20H27FN4OS/c1-16-15-27-20(24(16)12-10-22-8-2-3-9-22)25-13-11-23(19(25)26)14-17-4-6-18(21)7-5-17/h4-7,15,20H,2-3,8-14H2,1H3. The van der Waals surface area contributed by atoms with Gasteiger partial charge >= 0.3 is 6.03 Å². The van der Waals surface area contributed by atoms with E-state index in [1.54, 1.807) is 23.9 Å². The number of nitrogens with zero attached hydrogens (tertiary/aromatic N) is 4. The minimum absolute atomic E-state index is 0.0540. The van der Waals surface area contributed by atoms with Crippen molar-refractivity contribution in [1.29, 1.82) is 0 Å². The third-order valence-corrected chi connectivity index (χ3v) is 6.85. The molecule has 1 aromatic carbocycles. The van der Waals surface area contributed by atoms with Gasteiger partial charge in [-0.25, -0.2) is 9.18 Å². The summed E-state index contributed by atoms with van der Waals surface area (Å²) < 4.78 is 13.1. The Balaban J connectivity index is 1.37. The summed E-state index contributed by atoms with van der Waals surface area (Å²) in [5.41, 5.74) is 2.26. The van der Waals surface area contributed by atoms with Crippen molar-refractivity contribution in [2.24, 2.45) is 0 Å². The second-order valence-electron chi connectivity index (χ2n) is 7.49. The first-order valence-corrected chi connectivity index (χ1v) is 10.7. The quantitative estimate of drug-likeness (QED) is 0.745. The second kappa shape index (κ2) is 8.10. The molecule has 27 heavy (non-hydrogen) atoms. The zero-order chi connectivity index (χ0) is 18.8. The van der Waals surface area contributed by atoms with Crippen molar-refractivity contribution < 1.29 is 9.18 Å². The summed E-state index contributed by atoms with van der Waals surface area (Å²) in [5, 5.41) is 2.17. The summed E-state index contributed by atoms with van der Waals surface area (Å²) in [4.78, 5) is 21.7. The van der Waals surface area contributed by atoms with Gasteiger partial charge in [-0.05, 0) is 56.0 Å². The molecule has 0 aromatic heterocycles. The summed E-state index contributed by atoms with van der Waals surface area (Å²) in [6.45, 7) is 8.53. The Morgan fingerprint density at radius 1 is 1.07 bits per heavy atom. The van der Waals surface area contributed by atoms with E-state index < -0.39 is 0 Å². The molecule has 4 rings (SSSR count). The highest BCUT2D eigenvalue weighted by Crippen LogP contribution is 2.35. The van der Waals surface area contributed by atoms with E-state index >= 15 is 0 Å². The molecule has 146 valence electrons. The maximum Gasteiger partial charge on any atom is 0.322 e. The van der Waals surface area contributed by atoms with E-state index in [0.717, 1.165) is 25.2 Å². The van der Waals surface area contributed by atoms with Crippen LogP contribution in [0.2, 0.25) is 0 Å². The predicted octanol–water partition coefficient (Wildman–Crippen LogP) is 3.35. The molecule has 1 aromatic rings. The highest BCUT2D eigenvalue weighted by molar-refractivity contribution is 8.02. The number of likely N-dealkylation sites (tertiary alicyclic amines) is 1. The molecule has 3 aliphatic rings. The molecule has 0 bridgehead atoms. The maximum atomic E-state index is 13.1.